The van der Waals surface area contributed by atoms with Crippen LogP contribution in [0.15, 0.2) is 179 Å². The van der Waals surface area contributed by atoms with Crippen LogP contribution in [-0.2, 0) is 77.1 Å². The number of halogens is 1. The number of benzene rings is 6. The van der Waals surface area contributed by atoms with Crippen LogP contribution in [0.4, 0.5) is 0 Å². The summed E-state index contributed by atoms with van der Waals surface area (Å²) in [6.07, 6.45) is 16.1. The zero-order valence-electron chi connectivity index (χ0n) is 76.0. The van der Waals surface area contributed by atoms with Gasteiger partial charge in [0.15, 0.2) is 0 Å². The number of nitrogens with two attached hydrogens (primary N) is 1. The molecule has 6 N–H and O–H groups in total. The minimum Gasteiger partial charge on any atom is -0.481 e. The SMILES string of the molecule is C.CC(C)(C)C1CCC2(CC1)N=C(CCc1ccccc1)C(=O)N2Cc1ccc(C(=O)NCCC(=O)O)cc1.CC(C)(C)C1CCC2(CC1)N=C(CCc1ccccc1)C(=O)N2Cc1ccc(C(=O)O)cc1.CC(C)(C)OC(=O)CCN.CC(C)(C)OC(=O)CCNC(=O)c1ccc(CN2C(=O)C(CCc3ccccc3)=NC23CCC(C(C)(C)C)CC3)cc1.Cl. The summed E-state index contributed by atoms with van der Waals surface area (Å²) in [5.74, 6) is -1.10. The van der Waals surface area contributed by atoms with Crippen LogP contribution in [0.25, 0.3) is 0 Å². The van der Waals surface area contributed by atoms with Crippen molar-refractivity contribution in [3.8, 4) is 0 Å². The summed E-state index contributed by atoms with van der Waals surface area (Å²) in [5, 5.41) is 23.4. The van der Waals surface area contributed by atoms with Crippen LogP contribution in [0.2, 0.25) is 0 Å². The summed E-state index contributed by atoms with van der Waals surface area (Å²) in [4.78, 5) is 132. The number of amides is 5. The number of hydrogen-bond acceptors (Lipinski definition) is 15. The Balaban J connectivity index is 0.000000243. The van der Waals surface area contributed by atoms with Crippen LogP contribution in [0.5, 0.6) is 0 Å². The van der Waals surface area contributed by atoms with Crippen molar-refractivity contribution in [2.75, 3.05) is 19.6 Å². The molecule has 3 fully saturated rings. The molecule has 3 heterocycles. The average molecular weight is 1740 g/mol. The molecule has 3 aliphatic carbocycles. The van der Waals surface area contributed by atoms with E-state index in [0.29, 0.717) is 97.9 Å². The number of aryl methyl sites for hydroxylation is 3. The van der Waals surface area contributed by atoms with Gasteiger partial charge in [-0.3, -0.25) is 53.3 Å². The van der Waals surface area contributed by atoms with Crippen molar-refractivity contribution in [1.29, 1.82) is 0 Å². The van der Waals surface area contributed by atoms with Crippen molar-refractivity contribution >= 4 is 83.0 Å². The van der Waals surface area contributed by atoms with Gasteiger partial charge >= 0.3 is 23.9 Å². The Hall–Kier alpha value is -10.2. The summed E-state index contributed by atoms with van der Waals surface area (Å²) in [6, 6.07) is 52.1. The van der Waals surface area contributed by atoms with E-state index in [9.17, 15) is 48.3 Å². The second-order valence-electron chi connectivity index (χ2n) is 39.2. The Bertz CT molecular complexity index is 4670. The summed E-state index contributed by atoms with van der Waals surface area (Å²) < 4.78 is 10.3. The zero-order valence-corrected chi connectivity index (χ0v) is 76.8. The summed E-state index contributed by atoms with van der Waals surface area (Å²) in [7, 11) is 0. The summed E-state index contributed by atoms with van der Waals surface area (Å²) in [5.41, 5.74) is 13.2. The maximum atomic E-state index is 13.8. The van der Waals surface area contributed by atoms with Gasteiger partial charge in [0.05, 0.1) is 24.8 Å². The lowest BCUT2D eigenvalue weighted by Crippen LogP contribution is -2.49. The van der Waals surface area contributed by atoms with Gasteiger partial charge in [-0.2, -0.15) is 0 Å². The lowest BCUT2D eigenvalue weighted by atomic mass is 9.69. The Labute approximate surface area is 749 Å². The molecule has 22 nitrogen and oxygen atoms in total. The van der Waals surface area contributed by atoms with Gasteiger partial charge in [-0.25, -0.2) is 4.79 Å². The van der Waals surface area contributed by atoms with Gasteiger partial charge in [0.25, 0.3) is 29.5 Å². The monoisotopic (exact) mass is 1730 g/mol. The molecule has 0 radical (unpaired) electrons. The van der Waals surface area contributed by atoms with Crippen molar-refractivity contribution in [2.45, 2.75) is 294 Å². The minimum atomic E-state index is -0.952. The molecule has 0 atom stereocenters. The minimum absolute atomic E-state index is 0. The number of nitrogens with zero attached hydrogens (tertiary/aromatic N) is 6. The first kappa shape index (κ1) is 102. The molecule has 6 aromatic rings. The summed E-state index contributed by atoms with van der Waals surface area (Å²) >= 11 is 0. The number of carbonyl (C=O) groups excluding carboxylic acids is 7. The molecule has 6 aromatic carbocycles. The van der Waals surface area contributed by atoms with Crippen molar-refractivity contribution in [1.82, 2.24) is 25.3 Å². The van der Waals surface area contributed by atoms with E-state index in [1.54, 1.807) is 36.4 Å². The van der Waals surface area contributed by atoms with E-state index in [2.05, 4.69) is 109 Å². The molecule has 125 heavy (non-hydrogen) atoms. The number of hydrogen-bond donors (Lipinski definition) is 5. The third-order valence-electron chi connectivity index (χ3n) is 24.6. The predicted molar refractivity (Wildman–Crippen MR) is 498 cm³/mol. The van der Waals surface area contributed by atoms with Gasteiger partial charge in [0.2, 0.25) is 0 Å². The molecule has 3 spiro atoms. The first-order valence-electron chi connectivity index (χ1n) is 44.2. The number of nitrogens with one attached hydrogen (secondary N) is 2. The first-order chi connectivity index (χ1) is 58.0. The normalized spacial score (nSPS) is 20.5. The van der Waals surface area contributed by atoms with E-state index in [1.807, 2.05) is 147 Å². The molecule has 0 aromatic heterocycles. The Morgan fingerprint density at radius 2 is 0.648 bits per heavy atom. The smallest absolute Gasteiger partial charge is 0.335 e. The van der Waals surface area contributed by atoms with Crippen LogP contribution in [0, 0.1) is 34.0 Å². The standard InChI is InChI=1S/C35H47N3O4.C31H39N3O4.C28H34N2O3.C7H15NO2.CH4.ClH/c1-33(2,3)28-18-21-35(22-19-28)37-29(17-14-25-10-8-7-9-11-25)32(41)38(35)24-26-12-15-27(16-13-26)31(40)36-23-20-30(39)42-34(4,5)6;1-30(2,3)25-15-18-31(19-16-25)33-26(14-11-22-7-5-4-6-8-22)29(38)34(31)21-23-9-12-24(13-10-23)28(37)32-20-17-27(35)36;1-27(2,3)23-15-17-28(18-16-23)29-24(14-11-20-7-5-4-6-8-20)25(31)30(28)19-21-9-12-22(13-10-21)26(32)33;1-7(2,3)10-6(9)4-5-8;;/h7-13,15-16,28H,14,17-24H2,1-6H3,(H,36,40);4-10,12-13,25H,11,14-21H2,1-3H3,(H,32,37)(H,35,36);4-10,12-13,23H,11,14-19H2,1-3H3,(H,32,33);4-5,8H2,1-3H3;1H4;1H. The molecule has 12 rings (SSSR count). The van der Waals surface area contributed by atoms with Crippen LogP contribution in [0.1, 0.15) is 291 Å². The third-order valence-corrected chi connectivity index (χ3v) is 24.6. The molecule has 0 bridgehead atoms. The number of aliphatic carboxylic acids is 1. The van der Waals surface area contributed by atoms with Crippen molar-refractivity contribution in [2.24, 2.45) is 54.7 Å². The van der Waals surface area contributed by atoms with Crippen LogP contribution < -0.4 is 16.4 Å². The number of carbonyl (C=O) groups is 9. The van der Waals surface area contributed by atoms with Gasteiger partial charge in [-0.1, -0.05) is 197 Å². The third kappa shape index (κ3) is 29.7. The number of rotatable bonds is 26. The Morgan fingerprint density at radius 1 is 0.384 bits per heavy atom. The molecule has 23 heteroatoms. The van der Waals surface area contributed by atoms with Gasteiger partial charge in [0, 0.05) is 50.4 Å². The fourth-order valence-electron chi connectivity index (χ4n) is 17.5. The van der Waals surface area contributed by atoms with Gasteiger partial charge in [0.1, 0.15) is 45.3 Å². The molecule has 0 saturated heterocycles. The molecule has 0 unspecified atom stereocenters. The lowest BCUT2D eigenvalue weighted by Gasteiger charge is -2.45. The van der Waals surface area contributed by atoms with E-state index in [0.717, 1.165) is 113 Å². The van der Waals surface area contributed by atoms with Crippen molar-refractivity contribution in [3.63, 3.8) is 0 Å². The predicted octanol–water partition coefficient (Wildman–Crippen LogP) is 19.2. The topological polar surface area (TPSA) is 309 Å². The average Bonchev–Trinajstić information content (AvgIpc) is 1.62. The van der Waals surface area contributed by atoms with Crippen molar-refractivity contribution in [3.05, 3.63) is 214 Å². The van der Waals surface area contributed by atoms with E-state index in [4.69, 9.17) is 35.3 Å². The highest BCUT2D eigenvalue weighted by atomic mass is 35.5. The van der Waals surface area contributed by atoms with E-state index in [1.165, 1.54) is 16.7 Å². The molecular weight excluding hydrogens is 1590 g/mol. The zero-order chi connectivity index (χ0) is 89.7. The lowest BCUT2D eigenvalue weighted by molar-refractivity contribution is -0.155. The van der Waals surface area contributed by atoms with Gasteiger partial charge in [-0.05, 0) is 261 Å². The van der Waals surface area contributed by atoms with Gasteiger partial charge in [-0.15, -0.1) is 12.4 Å². The second-order valence-corrected chi connectivity index (χ2v) is 39.2. The number of carboxylic acid groups (broad SMARTS) is 2. The molecule has 678 valence electrons. The number of esters is 2. The van der Waals surface area contributed by atoms with E-state index in [-0.39, 0.29) is 115 Å². The Morgan fingerprint density at radius 3 is 0.896 bits per heavy atom. The number of carboxylic acids is 2. The molecule has 3 saturated carbocycles. The fraction of sp³-hybridized carbons (Fsp3) is 0.529. The largest absolute Gasteiger partial charge is 0.481 e. The quantitative estimate of drug-likeness (QED) is 0.0315. The first-order valence-corrected chi connectivity index (χ1v) is 44.2. The second kappa shape index (κ2) is 44.8. The molecular formula is C102H140ClN9O13. The highest BCUT2D eigenvalue weighted by Gasteiger charge is 2.53. The summed E-state index contributed by atoms with van der Waals surface area (Å²) in [6.45, 7) is 33.6. The Kier molecular flexibility index (Phi) is 36.5. The highest BCUT2D eigenvalue weighted by molar-refractivity contribution is 6.41. The van der Waals surface area contributed by atoms with Crippen LogP contribution in [-0.4, -0.2) is 143 Å². The van der Waals surface area contributed by atoms with Crippen LogP contribution in [0.3, 0.4) is 0 Å². The van der Waals surface area contributed by atoms with Crippen LogP contribution >= 0.6 is 12.4 Å². The number of ether oxygens (including phenoxy) is 2. The number of aliphatic imine (C=N–C) groups is 3. The maximum absolute atomic E-state index is 13.8. The highest BCUT2D eigenvalue weighted by Crippen LogP contribution is 2.50. The van der Waals surface area contributed by atoms with E-state index >= 15 is 0 Å². The van der Waals surface area contributed by atoms with Crippen molar-refractivity contribution < 1.29 is 62.8 Å². The van der Waals surface area contributed by atoms with Gasteiger partial charge < -0.3 is 50.8 Å². The fourth-order valence-corrected chi connectivity index (χ4v) is 17.5. The molecule has 5 amide bonds. The van der Waals surface area contributed by atoms with E-state index < -0.39 is 34.5 Å². The maximum Gasteiger partial charge on any atom is 0.335 e. The molecule has 3 aliphatic heterocycles. The number of aromatic carboxylic acids is 1. The molecule has 6 aliphatic rings.